The summed E-state index contributed by atoms with van der Waals surface area (Å²) in [6.07, 6.45) is 4.59. The molecule has 0 radical (unpaired) electrons. The first-order valence-electron chi connectivity index (χ1n) is 28.5. The molecule has 0 unspecified atom stereocenters. The number of aryl methyl sites for hydroxylation is 11. The third-order valence-corrected chi connectivity index (χ3v) is 12.1. The second-order valence-electron chi connectivity index (χ2n) is 20.3. The lowest BCUT2D eigenvalue weighted by atomic mass is 10.1. The lowest BCUT2D eigenvalue weighted by Crippen LogP contribution is -2.04. The van der Waals surface area contributed by atoms with Crippen molar-refractivity contribution in [2.75, 3.05) is 0 Å². The van der Waals surface area contributed by atoms with Crippen molar-refractivity contribution < 1.29 is 57.1 Å². The van der Waals surface area contributed by atoms with Crippen molar-refractivity contribution in [3.05, 3.63) is 368 Å². The van der Waals surface area contributed by atoms with Crippen LogP contribution in [0, 0.1) is 148 Å². The van der Waals surface area contributed by atoms with Crippen LogP contribution in [0.3, 0.4) is 0 Å². The fraction of sp³-hybridized carbons (Fsp3) is 0.184. The summed E-state index contributed by atoms with van der Waals surface area (Å²) in [5, 5.41) is 0. The van der Waals surface area contributed by atoms with E-state index in [0.29, 0.717) is 17.7 Å². The molecule has 0 atom stereocenters. The molecule has 11 aromatic rings. The molecule has 11 rings (SSSR count). The Labute approximate surface area is 538 Å². The van der Waals surface area contributed by atoms with Crippen LogP contribution in [0.5, 0.6) is 0 Å². The smallest absolute Gasteiger partial charge is 0.265 e. The van der Waals surface area contributed by atoms with Crippen molar-refractivity contribution in [1.29, 1.82) is 0 Å². The van der Waals surface area contributed by atoms with E-state index in [0.717, 1.165) is 69.2 Å². The molecule has 0 spiro atoms. The van der Waals surface area contributed by atoms with E-state index in [1.165, 1.54) is 91.7 Å². The van der Waals surface area contributed by atoms with Crippen LogP contribution in [0.1, 0.15) is 78.3 Å². The molecule has 0 saturated heterocycles. The molecule has 3 heterocycles. The zero-order chi connectivity index (χ0) is 70.1. The van der Waals surface area contributed by atoms with Gasteiger partial charge in [0, 0.05) is 59.9 Å². The second kappa shape index (κ2) is 44.7. The fourth-order valence-electron chi connectivity index (χ4n) is 6.34. The van der Waals surface area contributed by atoms with E-state index >= 15 is 0 Å². The van der Waals surface area contributed by atoms with Gasteiger partial charge in [-0.15, -0.1) is 0 Å². The molecule has 0 aliphatic heterocycles. The summed E-state index contributed by atoms with van der Waals surface area (Å²) in [6.45, 7) is 23.6. The van der Waals surface area contributed by atoms with Crippen LogP contribution in [0.15, 0.2) is 231 Å². The van der Waals surface area contributed by atoms with Crippen molar-refractivity contribution in [3.8, 4) is 0 Å². The average molecular weight is 1290 g/mol. The molecule has 0 saturated carbocycles. The van der Waals surface area contributed by atoms with Gasteiger partial charge in [-0.3, -0.25) is 9.97 Å². The number of hydrogen-bond acceptors (Lipinski definition) is 4. The number of nitrogens with zero attached hydrogens (tertiary/aromatic N) is 4. The van der Waals surface area contributed by atoms with E-state index in [4.69, 9.17) is 0 Å². The number of halogens is 13. The summed E-state index contributed by atoms with van der Waals surface area (Å²) in [6, 6.07) is 52.0. The van der Waals surface area contributed by atoms with Gasteiger partial charge in [0.1, 0.15) is 52.4 Å². The zero-order valence-corrected chi connectivity index (χ0v) is 54.1. The number of pyridine rings is 2. The van der Waals surface area contributed by atoms with Gasteiger partial charge >= 0.3 is 6.18 Å². The van der Waals surface area contributed by atoms with E-state index in [9.17, 15) is 57.1 Å². The second-order valence-corrected chi connectivity index (χ2v) is 20.3. The quantitative estimate of drug-likeness (QED) is 0.142. The van der Waals surface area contributed by atoms with Crippen molar-refractivity contribution in [2.24, 2.45) is 0 Å². The van der Waals surface area contributed by atoms with Crippen molar-refractivity contribution in [2.45, 2.75) is 96.2 Å². The predicted molar refractivity (Wildman–Crippen MR) is 348 cm³/mol. The van der Waals surface area contributed by atoms with Gasteiger partial charge in [-0.05, 0) is 220 Å². The summed E-state index contributed by atoms with van der Waals surface area (Å²) >= 11 is 0. The monoisotopic (exact) mass is 1290 g/mol. The van der Waals surface area contributed by atoms with Gasteiger partial charge in [-0.1, -0.05) is 108 Å². The standard InChI is InChI=1S/C8H7F3.2C8H9F.C7H5F3.2C7H6F2.C7H7F.C7H8.2C6H7N.C5H6N2/c1-6-3-2-4-7(5-6)8(9,10)11;2*1-6-3-4-8(9)5-7(6)2;1-4-6(9)2-5(8)3-7(4)10;1-5-2-3-6(8)7(9)4-5;1-5-6(8)3-2-4-7(5)9;1-6-2-4-7(8)5-3-6;1-7-5-3-2-4-6-7;1-6-2-4-7-5-3-6;1-6-4-2-3-5-7-6;1-5-6-3-2-4-7-5/h2-5H,1H3;2*3-5H,1-2H3;2-3H,1H3;2*2-4H,1H3;2-5H,1H3;2-6H,1H3;2*2-5H,1H3;2-4H,1H3. The molecule has 93 heavy (non-hydrogen) atoms. The number of aromatic nitrogens is 4. The number of alkyl halides is 3. The predicted octanol–water partition coefficient (Wildman–Crippen LogP) is 22.6. The molecule has 4 nitrogen and oxygen atoms in total. The lowest BCUT2D eigenvalue weighted by molar-refractivity contribution is -0.137. The van der Waals surface area contributed by atoms with Crippen molar-refractivity contribution in [3.63, 3.8) is 0 Å². The zero-order valence-electron chi connectivity index (χ0n) is 54.1. The first-order valence-corrected chi connectivity index (χ1v) is 28.5. The number of rotatable bonds is 0. The highest BCUT2D eigenvalue weighted by Gasteiger charge is 2.30. The highest BCUT2D eigenvalue weighted by Crippen LogP contribution is 2.29. The largest absolute Gasteiger partial charge is 0.416 e. The Balaban J connectivity index is 0.000000513. The fourth-order valence-corrected chi connectivity index (χ4v) is 6.34. The van der Waals surface area contributed by atoms with E-state index in [1.807, 2.05) is 104 Å². The Bertz CT molecular complexity index is 3490. The molecule has 0 aliphatic rings. The van der Waals surface area contributed by atoms with Crippen LogP contribution in [-0.2, 0) is 6.18 Å². The van der Waals surface area contributed by atoms with Crippen molar-refractivity contribution in [1.82, 2.24) is 19.9 Å². The summed E-state index contributed by atoms with van der Waals surface area (Å²) < 4.78 is 159. The molecule has 8 aromatic carbocycles. The third-order valence-electron chi connectivity index (χ3n) is 12.1. The SMILES string of the molecule is Cc1c(F)cc(F)cc1F.Cc1c(F)cccc1F.Cc1ccc(F)c(F)c1.Cc1ccc(F)cc1.Cc1ccc(F)cc1C.Cc1ccc(F)cc1C.Cc1cccc(C(F)(F)F)c1.Cc1ccccc1.Cc1ccccn1.Cc1ccncc1.Cc1ncccn1. The van der Waals surface area contributed by atoms with E-state index in [2.05, 4.69) is 39.0 Å². The first kappa shape index (κ1) is 81.2. The molecule has 0 amide bonds. The van der Waals surface area contributed by atoms with Gasteiger partial charge in [-0.25, -0.2) is 53.9 Å². The summed E-state index contributed by atoms with van der Waals surface area (Å²) in [7, 11) is 0. The van der Waals surface area contributed by atoms with Gasteiger partial charge < -0.3 is 0 Å². The van der Waals surface area contributed by atoms with Crippen LogP contribution in [0.2, 0.25) is 0 Å². The minimum atomic E-state index is -4.22. The summed E-state index contributed by atoms with van der Waals surface area (Å²) in [5.41, 5.74) is 9.73. The molecule has 492 valence electrons. The maximum Gasteiger partial charge on any atom is 0.416 e. The maximum atomic E-state index is 12.4. The van der Waals surface area contributed by atoms with E-state index < -0.39 is 52.5 Å². The van der Waals surface area contributed by atoms with Crippen LogP contribution in [-0.4, -0.2) is 19.9 Å². The molecular weight excluding hydrogens is 1220 g/mol. The van der Waals surface area contributed by atoms with Crippen LogP contribution in [0.4, 0.5) is 57.1 Å². The van der Waals surface area contributed by atoms with Gasteiger partial charge in [0.25, 0.3) is 0 Å². The molecule has 0 fully saturated rings. The molecule has 3 aromatic heterocycles. The minimum Gasteiger partial charge on any atom is -0.265 e. The molecular formula is C76H77F13N4. The lowest BCUT2D eigenvalue weighted by Gasteiger charge is -2.05. The Kier molecular flexibility index (Phi) is 39.0. The molecule has 0 N–H and O–H groups in total. The van der Waals surface area contributed by atoms with E-state index in [1.54, 1.807) is 81.2 Å². The Morgan fingerprint density at radius 3 is 1.00 bits per heavy atom. The van der Waals surface area contributed by atoms with Crippen molar-refractivity contribution >= 4 is 0 Å². The first-order chi connectivity index (χ1) is 43.8. The average Bonchev–Trinajstić information content (AvgIpc) is 2.34. The van der Waals surface area contributed by atoms with Gasteiger partial charge in [-0.2, -0.15) is 13.2 Å². The number of hydrogen-bond donors (Lipinski definition) is 0. The topological polar surface area (TPSA) is 51.6 Å². The normalized spacial score (nSPS) is 9.61. The maximum absolute atomic E-state index is 12.4. The van der Waals surface area contributed by atoms with Crippen LogP contribution in [0.25, 0.3) is 0 Å². The van der Waals surface area contributed by atoms with E-state index in [-0.39, 0.29) is 28.6 Å². The van der Waals surface area contributed by atoms with Crippen LogP contribution < -0.4 is 0 Å². The Morgan fingerprint density at radius 2 is 0.677 bits per heavy atom. The van der Waals surface area contributed by atoms with Crippen LogP contribution >= 0.6 is 0 Å². The number of benzene rings is 8. The summed E-state index contributed by atoms with van der Waals surface area (Å²) in [5.74, 6) is -4.80. The Hall–Kier alpha value is -9.77. The summed E-state index contributed by atoms with van der Waals surface area (Å²) in [4.78, 5) is 15.6. The Morgan fingerprint density at radius 1 is 0.258 bits per heavy atom. The van der Waals surface area contributed by atoms with Gasteiger partial charge in [0.2, 0.25) is 0 Å². The third kappa shape index (κ3) is 38.5. The highest BCUT2D eigenvalue weighted by molar-refractivity contribution is 5.27. The van der Waals surface area contributed by atoms with Gasteiger partial charge in [0.05, 0.1) is 5.56 Å². The molecule has 0 aliphatic carbocycles. The minimum absolute atomic E-state index is 0.0810. The highest BCUT2D eigenvalue weighted by atomic mass is 19.4. The van der Waals surface area contributed by atoms with Gasteiger partial charge in [0.15, 0.2) is 11.6 Å². The molecule has 17 heteroatoms. The molecule has 0 bridgehead atoms.